The van der Waals surface area contributed by atoms with Crippen LogP contribution < -0.4 is 21.7 Å². The first kappa shape index (κ1) is 30.5. The van der Waals surface area contributed by atoms with E-state index in [1.165, 1.54) is 18.8 Å². The third-order valence-corrected chi connectivity index (χ3v) is 5.95. The number of nitrogens with one attached hydrogen (secondary N) is 4. The summed E-state index contributed by atoms with van der Waals surface area (Å²) in [5, 5.41) is 16.6. The van der Waals surface area contributed by atoms with Gasteiger partial charge in [-0.25, -0.2) is 9.97 Å². The van der Waals surface area contributed by atoms with Crippen molar-refractivity contribution in [3.8, 4) is 0 Å². The molecule has 3 aromatic rings. The highest BCUT2D eigenvalue weighted by Crippen LogP contribution is 2.29. The van der Waals surface area contributed by atoms with Gasteiger partial charge in [-0.1, -0.05) is 0 Å². The minimum atomic E-state index is -0.152. The summed E-state index contributed by atoms with van der Waals surface area (Å²) >= 11 is 1.39. The highest BCUT2D eigenvalue weighted by atomic mass is 32.2. The van der Waals surface area contributed by atoms with Gasteiger partial charge in [-0.05, 0) is 75.7 Å². The van der Waals surface area contributed by atoms with Gasteiger partial charge in [0.25, 0.3) is 0 Å². The third-order valence-electron chi connectivity index (χ3n) is 5.08. The fourth-order valence-electron chi connectivity index (χ4n) is 2.96. The van der Waals surface area contributed by atoms with Gasteiger partial charge < -0.3 is 31.3 Å². The number of nitrogens with two attached hydrogens (primary N) is 1. The van der Waals surface area contributed by atoms with Gasteiger partial charge in [-0.2, -0.15) is 5.10 Å². The lowest BCUT2D eigenvalue weighted by Crippen LogP contribution is -2.13. The summed E-state index contributed by atoms with van der Waals surface area (Å²) in [5.74, 6) is 1.85. The zero-order valence-corrected chi connectivity index (χ0v) is 22.8. The molecule has 0 bridgehead atoms. The predicted molar refractivity (Wildman–Crippen MR) is 151 cm³/mol. The summed E-state index contributed by atoms with van der Waals surface area (Å²) in [6.45, 7) is 1.91. The molecule has 0 aliphatic heterocycles. The molecule has 2 aromatic heterocycles. The molecule has 1 saturated carbocycles. The van der Waals surface area contributed by atoms with Crippen molar-refractivity contribution in [2.45, 2.75) is 55.5 Å². The number of rotatable bonds is 12. The quantitative estimate of drug-likeness (QED) is 0.127. The van der Waals surface area contributed by atoms with Crippen molar-refractivity contribution in [2.24, 2.45) is 11.7 Å². The number of anilines is 4. The minimum Gasteiger partial charge on any atom is -0.388 e. The van der Waals surface area contributed by atoms with Gasteiger partial charge in [0.1, 0.15) is 24.2 Å². The number of aromatic nitrogens is 4. The van der Waals surface area contributed by atoms with Gasteiger partial charge in [-0.3, -0.25) is 9.89 Å². The number of hydrogen-bond donors (Lipinski definition) is 5. The highest BCUT2D eigenvalue weighted by Gasteiger charge is 2.19. The van der Waals surface area contributed by atoms with Gasteiger partial charge in [0.05, 0.1) is 0 Å². The van der Waals surface area contributed by atoms with E-state index in [0.717, 1.165) is 41.7 Å². The Morgan fingerprint density at radius 2 is 1.79 bits per heavy atom. The molecule has 1 fully saturated rings. The molecular weight excluding hydrogens is 504 g/mol. The van der Waals surface area contributed by atoms with E-state index >= 15 is 0 Å². The standard InChI is InChI=1S/C21H25N7O2S.C4H6O.CH5N/c1-14-12-19(28-27-14)23-17-13-18(24-20(30)6-4-3-5-11-29)26-21(25-17)31-16-9-7-15(22-2)8-10-16;5-3-4-1-2-4;1-2/h7-13,22H,3-6H2,1-2H3,(H3,23,24,25,26,27,28,30);3-4H,1-2H2;2H2,1H3. The van der Waals surface area contributed by atoms with Crippen LogP contribution in [0.2, 0.25) is 0 Å². The van der Waals surface area contributed by atoms with Crippen LogP contribution in [0.5, 0.6) is 0 Å². The van der Waals surface area contributed by atoms with E-state index < -0.39 is 0 Å². The lowest BCUT2D eigenvalue weighted by Gasteiger charge is -2.10. The van der Waals surface area contributed by atoms with E-state index in [-0.39, 0.29) is 5.91 Å². The second-order valence-electron chi connectivity index (χ2n) is 8.29. The largest absolute Gasteiger partial charge is 0.388 e. The Balaban J connectivity index is 0.000000636. The molecule has 0 saturated heterocycles. The van der Waals surface area contributed by atoms with E-state index in [0.29, 0.717) is 54.2 Å². The zero-order chi connectivity index (χ0) is 27.8. The summed E-state index contributed by atoms with van der Waals surface area (Å²) in [4.78, 5) is 42.3. The second kappa shape index (κ2) is 16.9. The molecule has 6 N–H and O–H groups in total. The maximum absolute atomic E-state index is 12.3. The number of unbranched alkanes of at least 4 members (excludes halogenated alkanes) is 2. The van der Waals surface area contributed by atoms with E-state index in [1.54, 1.807) is 6.07 Å². The number of aldehydes is 2. The topological polar surface area (TPSA) is 168 Å². The van der Waals surface area contributed by atoms with Gasteiger partial charge in [0, 0.05) is 54.2 Å². The fourth-order valence-corrected chi connectivity index (χ4v) is 3.73. The van der Waals surface area contributed by atoms with E-state index in [2.05, 4.69) is 41.8 Å². The highest BCUT2D eigenvalue weighted by molar-refractivity contribution is 7.99. The number of aryl methyl sites for hydroxylation is 1. The Labute approximate surface area is 227 Å². The number of carbonyl (C=O) groups is 3. The number of amides is 1. The molecule has 12 heteroatoms. The maximum atomic E-state index is 12.3. The summed E-state index contributed by atoms with van der Waals surface area (Å²) in [6.07, 6.45) is 6.30. The molecule has 38 heavy (non-hydrogen) atoms. The fraction of sp³-hybridized carbons (Fsp3) is 0.385. The van der Waals surface area contributed by atoms with E-state index in [1.807, 2.05) is 44.3 Å². The molecule has 204 valence electrons. The van der Waals surface area contributed by atoms with Crippen LogP contribution in [0, 0.1) is 12.8 Å². The third kappa shape index (κ3) is 11.5. The molecule has 0 unspecified atom stereocenters. The van der Waals surface area contributed by atoms with Crippen LogP contribution in [0.25, 0.3) is 0 Å². The van der Waals surface area contributed by atoms with Crippen LogP contribution in [-0.4, -0.2) is 52.7 Å². The number of benzene rings is 1. The van der Waals surface area contributed by atoms with Gasteiger partial charge >= 0.3 is 0 Å². The average molecular weight is 541 g/mol. The summed E-state index contributed by atoms with van der Waals surface area (Å²) in [5.41, 5.74) is 6.43. The zero-order valence-electron chi connectivity index (χ0n) is 22.0. The second-order valence-corrected chi connectivity index (χ2v) is 9.33. The van der Waals surface area contributed by atoms with Crippen molar-refractivity contribution in [1.82, 2.24) is 20.2 Å². The number of nitrogens with zero attached hydrogens (tertiary/aromatic N) is 3. The molecular formula is C26H36N8O3S. The molecule has 11 nitrogen and oxygen atoms in total. The lowest BCUT2D eigenvalue weighted by molar-refractivity contribution is -0.116. The normalized spacial score (nSPS) is 11.7. The molecule has 2 heterocycles. The number of carbonyl (C=O) groups excluding carboxylic acids is 3. The smallest absolute Gasteiger partial charge is 0.225 e. The van der Waals surface area contributed by atoms with E-state index in [4.69, 9.17) is 0 Å². The van der Waals surface area contributed by atoms with Crippen molar-refractivity contribution in [2.75, 3.05) is 30.0 Å². The number of H-pyrrole nitrogens is 1. The molecule has 1 aliphatic carbocycles. The maximum Gasteiger partial charge on any atom is 0.225 e. The van der Waals surface area contributed by atoms with Gasteiger partial charge in [0.15, 0.2) is 11.0 Å². The Morgan fingerprint density at radius 1 is 1.08 bits per heavy atom. The summed E-state index contributed by atoms with van der Waals surface area (Å²) in [7, 11) is 3.37. The molecule has 1 aliphatic rings. The van der Waals surface area contributed by atoms with Crippen LogP contribution >= 0.6 is 11.8 Å². The average Bonchev–Trinajstić information content (AvgIpc) is 3.69. The molecule has 0 spiro atoms. The summed E-state index contributed by atoms with van der Waals surface area (Å²) < 4.78 is 0. The van der Waals surface area contributed by atoms with Gasteiger partial charge in [0.2, 0.25) is 5.91 Å². The first-order valence-electron chi connectivity index (χ1n) is 12.4. The Bertz CT molecular complexity index is 1150. The Kier molecular flexibility index (Phi) is 13.5. The van der Waals surface area contributed by atoms with Crippen LogP contribution in [0.15, 0.2) is 46.5 Å². The van der Waals surface area contributed by atoms with Crippen molar-refractivity contribution in [3.63, 3.8) is 0 Å². The lowest BCUT2D eigenvalue weighted by atomic mass is 10.2. The van der Waals surface area contributed by atoms with Crippen molar-refractivity contribution in [1.29, 1.82) is 0 Å². The van der Waals surface area contributed by atoms with Crippen LogP contribution in [-0.2, 0) is 14.4 Å². The molecule has 0 radical (unpaired) electrons. The monoisotopic (exact) mass is 540 g/mol. The number of hydrogen-bond acceptors (Lipinski definition) is 10. The van der Waals surface area contributed by atoms with Crippen LogP contribution in [0.1, 0.15) is 44.2 Å². The Hall–Kier alpha value is -3.77. The van der Waals surface area contributed by atoms with E-state index in [9.17, 15) is 14.4 Å². The van der Waals surface area contributed by atoms with Crippen LogP contribution in [0.3, 0.4) is 0 Å². The van der Waals surface area contributed by atoms with Crippen molar-refractivity contribution in [3.05, 3.63) is 42.1 Å². The molecule has 0 atom stereocenters. The van der Waals surface area contributed by atoms with Crippen molar-refractivity contribution < 1.29 is 14.4 Å². The molecule has 1 aromatic carbocycles. The first-order chi connectivity index (χ1) is 18.5. The molecule has 1 amide bonds. The minimum absolute atomic E-state index is 0.152. The molecule has 4 rings (SSSR count). The predicted octanol–water partition coefficient (Wildman–Crippen LogP) is 4.31. The van der Waals surface area contributed by atoms with Crippen LogP contribution in [0.4, 0.5) is 23.1 Å². The number of aromatic amines is 1. The van der Waals surface area contributed by atoms with Crippen molar-refractivity contribution >= 4 is 53.4 Å². The summed E-state index contributed by atoms with van der Waals surface area (Å²) in [6, 6.07) is 11.4. The SMILES string of the molecule is CN.CNc1ccc(Sc2nc(NC(=O)CCCCC=O)cc(Nc3cc(C)[nH]n3)n2)cc1.O=CC1CC1. The first-order valence-corrected chi connectivity index (χ1v) is 13.2. The Morgan fingerprint density at radius 3 is 2.34 bits per heavy atom. The van der Waals surface area contributed by atoms with Gasteiger partial charge in [-0.15, -0.1) is 0 Å².